The van der Waals surface area contributed by atoms with Crippen LogP contribution >= 0.6 is 0 Å². The van der Waals surface area contributed by atoms with Crippen LogP contribution in [0, 0.1) is 12.8 Å². The van der Waals surface area contributed by atoms with Gasteiger partial charge in [-0.3, -0.25) is 4.79 Å². The number of sulfone groups is 1. The maximum atomic E-state index is 13.2. The minimum Gasteiger partial charge on any atom is -0.480 e. The number of aryl methyl sites for hydroxylation is 1. The van der Waals surface area contributed by atoms with E-state index in [1.54, 1.807) is 6.92 Å². The minimum atomic E-state index is -4.65. The molecule has 8 nitrogen and oxygen atoms in total. The van der Waals surface area contributed by atoms with E-state index in [0.717, 1.165) is 37.8 Å². The maximum absolute atomic E-state index is 13.2. The van der Waals surface area contributed by atoms with Crippen molar-refractivity contribution in [3.63, 3.8) is 0 Å². The zero-order valence-corrected chi connectivity index (χ0v) is 17.7. The van der Waals surface area contributed by atoms with Gasteiger partial charge in [0, 0.05) is 19.3 Å². The average Bonchev–Trinajstić information content (AvgIpc) is 2.99. The molecule has 168 valence electrons. The van der Waals surface area contributed by atoms with E-state index in [2.05, 4.69) is 10.1 Å². The van der Waals surface area contributed by atoms with Crippen LogP contribution in [0.15, 0.2) is 27.6 Å². The summed E-state index contributed by atoms with van der Waals surface area (Å²) in [4.78, 5) is 18.8. The third kappa shape index (κ3) is 3.88. The smallest absolute Gasteiger partial charge is 0.425 e. The van der Waals surface area contributed by atoms with E-state index < -0.39 is 33.4 Å². The number of fused-ring (bicyclic) bond motifs is 1. The van der Waals surface area contributed by atoms with Crippen LogP contribution in [0.3, 0.4) is 0 Å². The molecule has 1 aromatic heterocycles. The first-order chi connectivity index (χ1) is 14.3. The Balaban J connectivity index is 1.65. The topological polar surface area (TPSA) is 103 Å². The Bertz CT molecular complexity index is 1150. The van der Waals surface area contributed by atoms with Crippen molar-refractivity contribution in [2.24, 2.45) is 5.92 Å². The largest absolute Gasteiger partial charge is 0.480 e. The van der Waals surface area contributed by atoms with Gasteiger partial charge in [-0.05, 0) is 44.4 Å². The lowest BCUT2D eigenvalue weighted by molar-refractivity contribution is -0.189. The molecule has 2 aliphatic rings. The molecule has 1 aromatic carbocycles. The van der Waals surface area contributed by atoms with Crippen LogP contribution in [0.5, 0.6) is 5.75 Å². The van der Waals surface area contributed by atoms with Crippen molar-refractivity contribution in [2.75, 3.05) is 19.3 Å². The van der Waals surface area contributed by atoms with E-state index in [-0.39, 0.29) is 28.7 Å². The molecule has 0 bridgehead atoms. The zero-order chi connectivity index (χ0) is 22.8. The van der Waals surface area contributed by atoms with E-state index >= 15 is 0 Å². The predicted molar refractivity (Wildman–Crippen MR) is 100 cm³/mol. The van der Waals surface area contributed by atoms with Gasteiger partial charge in [0.15, 0.2) is 21.8 Å². The molecule has 2 fully saturated rings. The second-order valence-corrected chi connectivity index (χ2v) is 10.1. The third-order valence-corrected chi connectivity index (χ3v) is 6.87. The number of carbonyl (C=O) groups excluding carboxylic acids is 1. The molecule has 1 amide bonds. The van der Waals surface area contributed by atoms with E-state index in [1.807, 2.05) is 0 Å². The minimum absolute atomic E-state index is 0.0906. The highest BCUT2D eigenvalue weighted by Crippen LogP contribution is 2.58. The standard InChI is InChI=1S/C19H20F3N3O5S/c1-10(19(20,21)22)29-15-5-4-13(31(3,27)28)6-14(15)16(26)25-8-12-7-18(12,9-25)17-23-11(2)24-30-17/h4-6,10,12H,7-9H2,1-3H3/t10-,12?,18?/m1/s1. The predicted octanol–water partition coefficient (Wildman–Crippen LogP) is 2.52. The first-order valence-corrected chi connectivity index (χ1v) is 11.4. The fourth-order valence-electron chi connectivity index (χ4n) is 3.91. The van der Waals surface area contributed by atoms with E-state index in [4.69, 9.17) is 9.26 Å². The summed E-state index contributed by atoms with van der Waals surface area (Å²) in [5.41, 5.74) is -0.705. The lowest BCUT2D eigenvalue weighted by Gasteiger charge is -2.23. The van der Waals surface area contributed by atoms with Crippen molar-refractivity contribution >= 4 is 15.7 Å². The lowest BCUT2D eigenvalue weighted by Crippen LogP contribution is -2.35. The van der Waals surface area contributed by atoms with Crippen LogP contribution in [-0.4, -0.2) is 61.0 Å². The van der Waals surface area contributed by atoms with Crippen LogP contribution < -0.4 is 4.74 Å². The number of halogens is 3. The number of hydrogen-bond donors (Lipinski definition) is 0. The highest BCUT2D eigenvalue weighted by atomic mass is 32.2. The summed E-state index contributed by atoms with van der Waals surface area (Å²) in [7, 11) is -3.69. The Morgan fingerprint density at radius 3 is 2.68 bits per heavy atom. The van der Waals surface area contributed by atoms with Gasteiger partial charge in [0.2, 0.25) is 5.89 Å². The number of benzene rings is 1. The monoisotopic (exact) mass is 459 g/mol. The molecule has 2 heterocycles. The summed E-state index contributed by atoms with van der Waals surface area (Å²) in [6.07, 6.45) is -5.11. The van der Waals surface area contributed by atoms with E-state index in [1.165, 1.54) is 4.90 Å². The average molecular weight is 459 g/mol. The first-order valence-electron chi connectivity index (χ1n) is 9.49. The van der Waals surface area contributed by atoms with Gasteiger partial charge < -0.3 is 14.2 Å². The van der Waals surface area contributed by atoms with Crippen LogP contribution in [0.25, 0.3) is 0 Å². The van der Waals surface area contributed by atoms with Crippen LogP contribution in [-0.2, 0) is 15.3 Å². The Morgan fingerprint density at radius 2 is 2.10 bits per heavy atom. The number of amides is 1. The Hall–Kier alpha value is -2.63. The van der Waals surface area contributed by atoms with Crippen LogP contribution in [0.2, 0.25) is 0 Å². The van der Waals surface area contributed by atoms with Crippen molar-refractivity contribution in [1.82, 2.24) is 15.0 Å². The molecular formula is C19H20F3N3O5S. The Labute approximate surface area is 176 Å². The second kappa shape index (κ2) is 6.94. The van der Waals surface area contributed by atoms with Crippen molar-refractivity contribution in [2.45, 2.75) is 42.9 Å². The maximum Gasteiger partial charge on any atom is 0.425 e. The number of piperidine rings is 1. The summed E-state index contributed by atoms with van der Waals surface area (Å²) < 4.78 is 73.2. The molecule has 2 aromatic rings. The van der Waals surface area contributed by atoms with Gasteiger partial charge in [-0.25, -0.2) is 8.42 Å². The van der Waals surface area contributed by atoms with Gasteiger partial charge in [0.1, 0.15) is 5.75 Å². The molecule has 1 saturated carbocycles. The molecular weight excluding hydrogens is 439 g/mol. The summed E-state index contributed by atoms with van der Waals surface area (Å²) in [6, 6.07) is 3.26. The summed E-state index contributed by atoms with van der Waals surface area (Å²) >= 11 is 0. The highest BCUT2D eigenvalue weighted by molar-refractivity contribution is 7.90. The van der Waals surface area contributed by atoms with Gasteiger partial charge in [-0.15, -0.1) is 0 Å². The van der Waals surface area contributed by atoms with Crippen molar-refractivity contribution < 1.29 is 35.6 Å². The SMILES string of the molecule is Cc1noc(C23CC2CN(C(=O)c2cc(S(C)(=O)=O)ccc2O[C@H](C)C(F)(F)F)C3)n1. The van der Waals surface area contributed by atoms with Crippen molar-refractivity contribution in [1.29, 1.82) is 0 Å². The number of rotatable bonds is 5. The number of ether oxygens (including phenoxy) is 1. The van der Waals surface area contributed by atoms with Crippen molar-refractivity contribution in [3.05, 3.63) is 35.5 Å². The number of hydrogen-bond acceptors (Lipinski definition) is 7. The fraction of sp³-hybridized carbons (Fsp3) is 0.526. The van der Waals surface area contributed by atoms with Gasteiger partial charge in [-0.2, -0.15) is 18.2 Å². The molecule has 4 rings (SSSR count). The number of aromatic nitrogens is 2. The fourth-order valence-corrected chi connectivity index (χ4v) is 4.55. The molecule has 1 aliphatic heterocycles. The van der Waals surface area contributed by atoms with Crippen molar-refractivity contribution in [3.8, 4) is 5.75 Å². The van der Waals surface area contributed by atoms with Gasteiger partial charge in [0.05, 0.1) is 15.9 Å². The molecule has 1 saturated heterocycles. The van der Waals surface area contributed by atoms with Gasteiger partial charge >= 0.3 is 6.18 Å². The first kappa shape index (κ1) is 21.6. The molecule has 31 heavy (non-hydrogen) atoms. The summed E-state index contributed by atoms with van der Waals surface area (Å²) in [5, 5.41) is 3.79. The number of carbonyl (C=O) groups is 1. The summed E-state index contributed by atoms with van der Waals surface area (Å²) in [6.45, 7) is 3.09. The molecule has 1 aliphatic carbocycles. The van der Waals surface area contributed by atoms with Gasteiger partial charge in [-0.1, -0.05) is 5.16 Å². The molecule has 12 heteroatoms. The molecule has 0 spiro atoms. The Kier molecular flexibility index (Phi) is 4.83. The number of nitrogens with zero attached hydrogens (tertiary/aromatic N) is 3. The normalized spacial score (nSPS) is 24.1. The third-order valence-electron chi connectivity index (χ3n) is 5.76. The van der Waals surface area contributed by atoms with E-state index in [9.17, 15) is 26.4 Å². The second-order valence-electron chi connectivity index (χ2n) is 8.12. The van der Waals surface area contributed by atoms with Crippen LogP contribution in [0.1, 0.15) is 35.4 Å². The van der Waals surface area contributed by atoms with Gasteiger partial charge in [0.25, 0.3) is 5.91 Å². The van der Waals surface area contributed by atoms with Crippen LogP contribution in [0.4, 0.5) is 13.2 Å². The number of likely N-dealkylation sites (tertiary alicyclic amines) is 1. The molecule has 2 unspecified atom stereocenters. The lowest BCUT2D eigenvalue weighted by atomic mass is 10.1. The Morgan fingerprint density at radius 1 is 1.39 bits per heavy atom. The summed E-state index contributed by atoms with van der Waals surface area (Å²) in [5.74, 6) is 0.0471. The molecule has 3 atom stereocenters. The van der Waals surface area contributed by atoms with E-state index in [0.29, 0.717) is 18.3 Å². The zero-order valence-electron chi connectivity index (χ0n) is 16.9. The molecule has 0 N–H and O–H groups in total. The number of alkyl halides is 3. The molecule has 0 radical (unpaired) electrons. The highest BCUT2D eigenvalue weighted by Gasteiger charge is 2.65. The quantitative estimate of drug-likeness (QED) is 0.677.